The Hall–Kier alpha value is -2.67. The third-order valence-corrected chi connectivity index (χ3v) is 6.56. The summed E-state index contributed by atoms with van der Waals surface area (Å²) in [5.74, 6) is -0.305. The standard InChI is InChI=1S/C24H31N3O3S/c1-4-6-11-15-26-23-21(20(17(3)31-23)18-12-9-8-10-13-18)22(29)27(24(26)30)16-19(28)25-14-7-5-2/h8-10,12-13H,4-7,11,14-16H2,1-3H3,(H,25,28). The number of nitrogens with zero attached hydrogens (tertiary/aromatic N) is 2. The van der Waals surface area contributed by atoms with Crippen molar-refractivity contribution in [3.8, 4) is 11.1 Å². The van der Waals surface area contributed by atoms with Crippen LogP contribution in [0.3, 0.4) is 0 Å². The Bertz CT molecular complexity index is 1160. The molecule has 3 rings (SSSR count). The molecule has 0 spiro atoms. The van der Waals surface area contributed by atoms with E-state index >= 15 is 0 Å². The van der Waals surface area contributed by atoms with Crippen LogP contribution in [0, 0.1) is 6.92 Å². The van der Waals surface area contributed by atoms with Gasteiger partial charge in [-0.1, -0.05) is 63.4 Å². The molecule has 0 fully saturated rings. The Morgan fingerprint density at radius 3 is 2.39 bits per heavy atom. The van der Waals surface area contributed by atoms with Crippen LogP contribution < -0.4 is 16.6 Å². The van der Waals surface area contributed by atoms with Gasteiger partial charge in [0.25, 0.3) is 5.56 Å². The largest absolute Gasteiger partial charge is 0.355 e. The normalized spacial score (nSPS) is 11.2. The zero-order valence-electron chi connectivity index (χ0n) is 18.6. The fourth-order valence-corrected chi connectivity index (χ4v) is 4.97. The van der Waals surface area contributed by atoms with Crippen molar-refractivity contribution in [2.24, 2.45) is 0 Å². The first-order valence-corrected chi connectivity index (χ1v) is 11.9. The first kappa shape index (κ1) is 23.0. The number of nitrogens with one attached hydrogen (secondary N) is 1. The van der Waals surface area contributed by atoms with Gasteiger partial charge >= 0.3 is 5.69 Å². The Morgan fingerprint density at radius 1 is 1.00 bits per heavy atom. The minimum absolute atomic E-state index is 0.256. The molecule has 6 nitrogen and oxygen atoms in total. The van der Waals surface area contributed by atoms with Crippen LogP contribution >= 0.6 is 11.3 Å². The number of hydrogen-bond donors (Lipinski definition) is 1. The van der Waals surface area contributed by atoms with Gasteiger partial charge in [0, 0.05) is 23.5 Å². The van der Waals surface area contributed by atoms with Gasteiger partial charge in [-0.3, -0.25) is 18.7 Å². The summed E-state index contributed by atoms with van der Waals surface area (Å²) >= 11 is 1.48. The summed E-state index contributed by atoms with van der Waals surface area (Å²) in [6.45, 7) is 6.97. The average Bonchev–Trinajstić information content (AvgIpc) is 3.11. The Morgan fingerprint density at radius 2 is 1.71 bits per heavy atom. The predicted octanol–water partition coefficient (Wildman–Crippen LogP) is 4.31. The number of unbranched alkanes of at least 4 members (excludes halogenated alkanes) is 3. The van der Waals surface area contributed by atoms with Crippen LogP contribution in [-0.2, 0) is 17.9 Å². The first-order chi connectivity index (χ1) is 15.0. The molecule has 0 aliphatic rings. The van der Waals surface area contributed by atoms with E-state index in [1.807, 2.05) is 44.2 Å². The fourth-order valence-electron chi connectivity index (χ4n) is 3.79. The zero-order chi connectivity index (χ0) is 22.4. The molecule has 0 bridgehead atoms. The lowest BCUT2D eigenvalue weighted by Crippen LogP contribution is -2.43. The summed E-state index contributed by atoms with van der Waals surface area (Å²) in [6.07, 6.45) is 4.72. The Balaban J connectivity index is 2.18. The van der Waals surface area contributed by atoms with Crippen molar-refractivity contribution < 1.29 is 4.79 Å². The van der Waals surface area contributed by atoms with Gasteiger partial charge in [0.1, 0.15) is 11.4 Å². The summed E-state index contributed by atoms with van der Waals surface area (Å²) in [6, 6.07) is 9.77. The predicted molar refractivity (Wildman–Crippen MR) is 128 cm³/mol. The molecule has 31 heavy (non-hydrogen) atoms. The molecule has 0 saturated carbocycles. The molecule has 0 aliphatic heterocycles. The maximum Gasteiger partial charge on any atom is 0.332 e. The fraction of sp³-hybridized carbons (Fsp3) is 0.458. The highest BCUT2D eigenvalue weighted by molar-refractivity contribution is 7.19. The van der Waals surface area contributed by atoms with Gasteiger partial charge in [0.2, 0.25) is 5.91 Å². The molecular formula is C24H31N3O3S. The van der Waals surface area contributed by atoms with Crippen LogP contribution in [0.5, 0.6) is 0 Å². The van der Waals surface area contributed by atoms with Gasteiger partial charge in [-0.2, -0.15) is 0 Å². The van der Waals surface area contributed by atoms with Crippen LogP contribution in [-0.4, -0.2) is 21.6 Å². The van der Waals surface area contributed by atoms with Crippen LogP contribution in [0.4, 0.5) is 0 Å². The van der Waals surface area contributed by atoms with Gasteiger partial charge in [-0.05, 0) is 25.3 Å². The number of benzene rings is 1. The maximum absolute atomic E-state index is 13.5. The number of hydrogen-bond acceptors (Lipinski definition) is 4. The van der Waals surface area contributed by atoms with Crippen molar-refractivity contribution in [1.29, 1.82) is 0 Å². The number of carbonyl (C=O) groups excluding carboxylic acids is 1. The molecule has 1 N–H and O–H groups in total. The summed E-state index contributed by atoms with van der Waals surface area (Å²) in [7, 11) is 0. The molecule has 1 amide bonds. The molecule has 0 aliphatic carbocycles. The second kappa shape index (κ2) is 10.6. The number of aryl methyl sites for hydroxylation is 2. The maximum atomic E-state index is 13.5. The molecule has 0 unspecified atom stereocenters. The first-order valence-electron chi connectivity index (χ1n) is 11.1. The van der Waals surface area contributed by atoms with Crippen LogP contribution in [0.1, 0.15) is 50.8 Å². The molecule has 0 saturated heterocycles. The smallest absolute Gasteiger partial charge is 0.332 e. The molecule has 2 aromatic heterocycles. The molecule has 3 aromatic rings. The quantitative estimate of drug-likeness (QED) is 0.477. The Labute approximate surface area is 186 Å². The van der Waals surface area contributed by atoms with E-state index in [-0.39, 0.29) is 18.0 Å². The molecule has 2 heterocycles. The minimum atomic E-state index is -0.403. The summed E-state index contributed by atoms with van der Waals surface area (Å²) in [5, 5.41) is 3.35. The van der Waals surface area contributed by atoms with Gasteiger partial charge in [0.15, 0.2) is 0 Å². The lowest BCUT2D eigenvalue weighted by molar-refractivity contribution is -0.121. The summed E-state index contributed by atoms with van der Waals surface area (Å²) in [4.78, 5) is 40.9. The van der Waals surface area contributed by atoms with Crippen LogP contribution in [0.15, 0.2) is 39.9 Å². The molecule has 0 radical (unpaired) electrons. The third kappa shape index (κ3) is 4.98. The highest BCUT2D eigenvalue weighted by Gasteiger charge is 2.22. The van der Waals surface area contributed by atoms with E-state index in [2.05, 4.69) is 12.2 Å². The van der Waals surface area contributed by atoms with Gasteiger partial charge < -0.3 is 5.32 Å². The van der Waals surface area contributed by atoms with Crippen molar-refractivity contribution in [1.82, 2.24) is 14.5 Å². The minimum Gasteiger partial charge on any atom is -0.355 e. The van der Waals surface area contributed by atoms with E-state index in [9.17, 15) is 14.4 Å². The number of carbonyl (C=O) groups is 1. The molecule has 166 valence electrons. The molecule has 7 heteroatoms. The number of rotatable bonds is 10. The van der Waals surface area contributed by atoms with Gasteiger partial charge in [0.05, 0.1) is 5.39 Å². The number of amides is 1. The van der Waals surface area contributed by atoms with Gasteiger partial charge in [-0.25, -0.2) is 4.79 Å². The lowest BCUT2D eigenvalue weighted by Gasteiger charge is -2.13. The highest BCUT2D eigenvalue weighted by atomic mass is 32.1. The van der Waals surface area contributed by atoms with E-state index in [0.717, 1.165) is 52.7 Å². The molecular weight excluding hydrogens is 410 g/mol. The van der Waals surface area contributed by atoms with E-state index in [1.165, 1.54) is 11.3 Å². The highest BCUT2D eigenvalue weighted by Crippen LogP contribution is 2.36. The molecule has 1 aromatic carbocycles. The van der Waals surface area contributed by atoms with Gasteiger partial charge in [-0.15, -0.1) is 11.3 Å². The van der Waals surface area contributed by atoms with E-state index in [4.69, 9.17) is 0 Å². The van der Waals surface area contributed by atoms with E-state index in [0.29, 0.717) is 23.3 Å². The zero-order valence-corrected chi connectivity index (χ0v) is 19.4. The number of fused-ring (bicyclic) bond motifs is 1. The topological polar surface area (TPSA) is 73.1 Å². The average molecular weight is 442 g/mol. The third-order valence-electron chi connectivity index (χ3n) is 5.43. The second-order valence-corrected chi connectivity index (χ2v) is 9.02. The summed E-state index contributed by atoms with van der Waals surface area (Å²) in [5.41, 5.74) is 1.01. The number of thiophene rings is 1. The van der Waals surface area contributed by atoms with Crippen molar-refractivity contribution in [2.75, 3.05) is 6.54 Å². The monoisotopic (exact) mass is 441 g/mol. The van der Waals surface area contributed by atoms with Crippen LogP contribution in [0.2, 0.25) is 0 Å². The van der Waals surface area contributed by atoms with Crippen LogP contribution in [0.25, 0.3) is 21.3 Å². The molecule has 0 atom stereocenters. The summed E-state index contributed by atoms with van der Waals surface area (Å²) < 4.78 is 2.80. The lowest BCUT2D eigenvalue weighted by atomic mass is 10.0. The van der Waals surface area contributed by atoms with Crippen molar-refractivity contribution in [3.05, 3.63) is 56.0 Å². The SMILES string of the molecule is CCCCCn1c(=O)n(CC(=O)NCCCC)c(=O)c2c(-c3ccccc3)c(C)sc21. The Kier molecular flexibility index (Phi) is 7.85. The van der Waals surface area contributed by atoms with E-state index < -0.39 is 5.69 Å². The van der Waals surface area contributed by atoms with Crippen molar-refractivity contribution in [2.45, 2.75) is 66.0 Å². The second-order valence-electron chi connectivity index (χ2n) is 7.82. The van der Waals surface area contributed by atoms with E-state index in [1.54, 1.807) is 4.57 Å². The number of aromatic nitrogens is 2. The van der Waals surface area contributed by atoms with Crippen molar-refractivity contribution in [3.63, 3.8) is 0 Å². The van der Waals surface area contributed by atoms with Crippen molar-refractivity contribution >= 4 is 27.5 Å².